The molecule has 0 bridgehead atoms. The Bertz CT molecular complexity index is 872. The summed E-state index contributed by atoms with van der Waals surface area (Å²) in [6.45, 7) is 2.06. The number of benzene rings is 1. The molecule has 7 nitrogen and oxygen atoms in total. The summed E-state index contributed by atoms with van der Waals surface area (Å²) >= 11 is 0. The SMILES string of the molecule is COCc1ccc(C(=O)N2CCC(C(Cc3ccccc3)N(C)C(=O)CN(C)C)CC2)o1. The number of methoxy groups -OCH3 is 1. The number of furan rings is 1. The lowest BCUT2D eigenvalue weighted by Gasteiger charge is -2.40. The zero-order chi connectivity index (χ0) is 23.1. The standard InChI is InChI=1S/C25H35N3O4/c1-26(2)17-24(29)27(3)22(16-19-8-6-5-7-9-19)20-12-14-28(15-13-20)25(30)23-11-10-21(32-23)18-31-4/h5-11,20,22H,12-18H2,1-4H3. The fraction of sp³-hybridized carbons (Fsp3) is 0.520. The van der Waals surface area contributed by atoms with Gasteiger partial charge in [0.2, 0.25) is 5.91 Å². The minimum Gasteiger partial charge on any atom is -0.453 e. The molecule has 3 rings (SSSR count). The van der Waals surface area contributed by atoms with Crippen molar-refractivity contribution in [3.8, 4) is 0 Å². The first-order chi connectivity index (χ1) is 15.4. The second-order valence-corrected chi connectivity index (χ2v) is 8.83. The van der Waals surface area contributed by atoms with E-state index in [-0.39, 0.29) is 17.9 Å². The molecule has 2 heterocycles. The third-order valence-electron chi connectivity index (χ3n) is 6.16. The molecule has 2 amide bonds. The van der Waals surface area contributed by atoms with Gasteiger partial charge in [-0.3, -0.25) is 9.59 Å². The summed E-state index contributed by atoms with van der Waals surface area (Å²) in [5.74, 6) is 1.37. The lowest BCUT2D eigenvalue weighted by Crippen LogP contribution is -2.50. The zero-order valence-electron chi connectivity index (χ0n) is 19.6. The quantitative estimate of drug-likeness (QED) is 0.599. The number of hydrogen-bond acceptors (Lipinski definition) is 5. The first-order valence-corrected chi connectivity index (χ1v) is 11.2. The maximum atomic E-state index is 12.9. The number of piperidine rings is 1. The smallest absolute Gasteiger partial charge is 0.289 e. The number of amides is 2. The van der Waals surface area contributed by atoms with Crippen molar-refractivity contribution in [1.82, 2.24) is 14.7 Å². The highest BCUT2D eigenvalue weighted by atomic mass is 16.5. The number of likely N-dealkylation sites (N-methyl/N-ethyl adjacent to an activating group) is 2. The van der Waals surface area contributed by atoms with Gasteiger partial charge < -0.3 is 23.9 Å². The van der Waals surface area contributed by atoms with Crippen LogP contribution in [0.15, 0.2) is 46.9 Å². The van der Waals surface area contributed by atoms with Crippen LogP contribution in [0.1, 0.15) is 34.7 Å². The summed E-state index contributed by atoms with van der Waals surface area (Å²) in [5, 5.41) is 0. The number of carbonyl (C=O) groups excluding carboxylic acids is 2. The molecule has 0 aliphatic carbocycles. The molecule has 0 spiro atoms. The summed E-state index contributed by atoms with van der Waals surface area (Å²) in [4.78, 5) is 31.4. The highest BCUT2D eigenvalue weighted by Crippen LogP contribution is 2.27. The fourth-order valence-corrected chi connectivity index (χ4v) is 4.40. The average molecular weight is 442 g/mol. The van der Waals surface area contributed by atoms with Crippen molar-refractivity contribution in [2.45, 2.75) is 31.9 Å². The van der Waals surface area contributed by atoms with Crippen LogP contribution in [0.3, 0.4) is 0 Å². The Morgan fingerprint density at radius 2 is 1.78 bits per heavy atom. The predicted octanol–water partition coefficient (Wildman–Crippen LogP) is 2.91. The number of rotatable bonds is 9. The molecule has 32 heavy (non-hydrogen) atoms. The maximum absolute atomic E-state index is 12.9. The van der Waals surface area contributed by atoms with Crippen LogP contribution in [-0.4, -0.2) is 80.4 Å². The second-order valence-electron chi connectivity index (χ2n) is 8.83. The third-order valence-corrected chi connectivity index (χ3v) is 6.16. The third kappa shape index (κ3) is 6.20. The van der Waals surface area contributed by atoms with E-state index < -0.39 is 0 Å². The van der Waals surface area contributed by atoms with Gasteiger partial charge in [0.15, 0.2) is 5.76 Å². The molecule has 1 fully saturated rings. The van der Waals surface area contributed by atoms with Crippen LogP contribution in [0.2, 0.25) is 0 Å². The number of likely N-dealkylation sites (tertiary alicyclic amines) is 1. The molecule has 1 aliphatic heterocycles. The van der Waals surface area contributed by atoms with Crippen molar-refractivity contribution in [3.05, 3.63) is 59.5 Å². The molecule has 1 aromatic carbocycles. The Morgan fingerprint density at radius 3 is 2.41 bits per heavy atom. The number of ether oxygens (including phenoxy) is 1. The van der Waals surface area contributed by atoms with E-state index in [1.165, 1.54) is 5.56 Å². The second kappa shape index (κ2) is 11.3. The van der Waals surface area contributed by atoms with Crippen LogP contribution in [0, 0.1) is 5.92 Å². The van der Waals surface area contributed by atoms with Gasteiger partial charge in [0, 0.05) is 33.3 Å². The summed E-state index contributed by atoms with van der Waals surface area (Å²) in [6.07, 6.45) is 2.52. The molecule has 1 aliphatic rings. The Balaban J connectivity index is 1.67. The number of hydrogen-bond donors (Lipinski definition) is 0. The molecule has 0 N–H and O–H groups in total. The molecule has 174 valence electrons. The van der Waals surface area contributed by atoms with Crippen molar-refractivity contribution >= 4 is 11.8 Å². The van der Waals surface area contributed by atoms with E-state index in [4.69, 9.17) is 9.15 Å². The van der Waals surface area contributed by atoms with Crippen LogP contribution < -0.4 is 0 Å². The van der Waals surface area contributed by atoms with Crippen molar-refractivity contribution in [1.29, 1.82) is 0 Å². The number of nitrogens with zero attached hydrogens (tertiary/aromatic N) is 3. The van der Waals surface area contributed by atoms with Gasteiger partial charge in [0.1, 0.15) is 12.4 Å². The van der Waals surface area contributed by atoms with Gasteiger partial charge in [-0.1, -0.05) is 30.3 Å². The molecule has 1 unspecified atom stereocenters. The van der Waals surface area contributed by atoms with E-state index in [0.29, 0.717) is 43.7 Å². The van der Waals surface area contributed by atoms with Crippen molar-refractivity contribution in [3.63, 3.8) is 0 Å². The summed E-state index contributed by atoms with van der Waals surface area (Å²) < 4.78 is 10.7. The van der Waals surface area contributed by atoms with Crippen molar-refractivity contribution in [2.24, 2.45) is 5.92 Å². The van der Waals surface area contributed by atoms with Crippen LogP contribution >= 0.6 is 0 Å². The normalized spacial score (nSPS) is 15.7. The van der Waals surface area contributed by atoms with Crippen LogP contribution in [0.5, 0.6) is 0 Å². The Labute approximate surface area is 190 Å². The van der Waals surface area contributed by atoms with E-state index in [1.807, 2.05) is 54.0 Å². The van der Waals surface area contributed by atoms with Gasteiger partial charge >= 0.3 is 0 Å². The minimum absolute atomic E-state index is 0.0811. The molecule has 0 radical (unpaired) electrons. The minimum atomic E-state index is -0.0811. The van der Waals surface area contributed by atoms with Gasteiger partial charge in [-0.2, -0.15) is 0 Å². The lowest BCUT2D eigenvalue weighted by molar-refractivity contribution is -0.134. The van der Waals surface area contributed by atoms with E-state index >= 15 is 0 Å². The monoisotopic (exact) mass is 441 g/mol. The van der Waals surface area contributed by atoms with Gasteiger partial charge in [-0.25, -0.2) is 0 Å². The molecule has 2 aromatic rings. The van der Waals surface area contributed by atoms with E-state index in [1.54, 1.807) is 19.2 Å². The highest BCUT2D eigenvalue weighted by molar-refractivity contribution is 5.91. The van der Waals surface area contributed by atoms with E-state index in [2.05, 4.69) is 12.1 Å². The predicted molar refractivity (Wildman–Crippen MR) is 123 cm³/mol. The van der Waals surface area contributed by atoms with Gasteiger partial charge in [0.05, 0.1) is 6.54 Å². The Morgan fingerprint density at radius 1 is 1.09 bits per heavy atom. The summed E-state index contributed by atoms with van der Waals surface area (Å²) in [7, 11) is 7.33. The zero-order valence-corrected chi connectivity index (χ0v) is 19.6. The molecular weight excluding hydrogens is 406 g/mol. The van der Waals surface area contributed by atoms with E-state index in [9.17, 15) is 9.59 Å². The van der Waals surface area contributed by atoms with Crippen molar-refractivity contribution < 1.29 is 18.7 Å². The maximum Gasteiger partial charge on any atom is 0.289 e. The topological polar surface area (TPSA) is 66.2 Å². The van der Waals surface area contributed by atoms with Gasteiger partial charge in [0.25, 0.3) is 5.91 Å². The molecule has 1 saturated heterocycles. The van der Waals surface area contributed by atoms with E-state index in [0.717, 1.165) is 19.3 Å². The lowest BCUT2D eigenvalue weighted by atomic mass is 9.85. The molecule has 1 atom stereocenters. The first kappa shape index (κ1) is 24.0. The highest BCUT2D eigenvalue weighted by Gasteiger charge is 2.33. The summed E-state index contributed by atoms with van der Waals surface area (Å²) in [5.41, 5.74) is 1.22. The van der Waals surface area contributed by atoms with Gasteiger partial charge in [-0.05, 0) is 57.0 Å². The fourth-order valence-electron chi connectivity index (χ4n) is 4.40. The number of carbonyl (C=O) groups is 2. The average Bonchev–Trinajstić information content (AvgIpc) is 3.26. The molecular formula is C25H35N3O4. The summed E-state index contributed by atoms with van der Waals surface area (Å²) in [6, 6.07) is 13.9. The molecule has 1 aromatic heterocycles. The van der Waals surface area contributed by atoms with Crippen LogP contribution in [-0.2, 0) is 22.6 Å². The van der Waals surface area contributed by atoms with Crippen LogP contribution in [0.25, 0.3) is 0 Å². The Kier molecular flexibility index (Phi) is 8.47. The molecule has 0 saturated carbocycles. The Hall–Kier alpha value is -2.64. The first-order valence-electron chi connectivity index (χ1n) is 11.2. The van der Waals surface area contributed by atoms with Gasteiger partial charge in [-0.15, -0.1) is 0 Å². The molecule has 7 heteroatoms. The van der Waals surface area contributed by atoms with Crippen molar-refractivity contribution in [2.75, 3.05) is 47.9 Å². The largest absolute Gasteiger partial charge is 0.453 e. The van der Waals surface area contributed by atoms with Crippen LogP contribution in [0.4, 0.5) is 0 Å².